The molecule has 3 N–H and O–H groups in total. The van der Waals surface area contributed by atoms with E-state index in [0.717, 1.165) is 12.8 Å². The zero-order chi connectivity index (χ0) is 14.7. The molecule has 0 fully saturated rings. The molecule has 7 heteroatoms. The van der Waals surface area contributed by atoms with Crippen LogP contribution < -0.4 is 11.1 Å². The molecule has 0 saturated heterocycles. The summed E-state index contributed by atoms with van der Waals surface area (Å²) in [6.45, 7) is 8.06. The number of nitrogens with one attached hydrogen (secondary N) is 1. The maximum absolute atomic E-state index is 11.2. The van der Waals surface area contributed by atoms with Gasteiger partial charge in [0.05, 0.1) is 16.8 Å². The lowest BCUT2D eigenvalue weighted by Crippen LogP contribution is -2.62. The largest absolute Gasteiger partial charge is 0.379 e. The van der Waals surface area contributed by atoms with Crippen LogP contribution in [-0.2, 0) is 14.2 Å². The summed E-state index contributed by atoms with van der Waals surface area (Å²) in [6, 6.07) is -0.604. The number of hydrogen-bond donors (Lipinski definition) is 2. The second-order valence-corrected chi connectivity index (χ2v) is 5.95. The number of hydrogen-bond acceptors (Lipinski definition) is 4. The summed E-state index contributed by atoms with van der Waals surface area (Å²) in [5.74, 6) is 0. The van der Waals surface area contributed by atoms with E-state index in [4.69, 9.17) is 19.9 Å². The number of ether oxygens (including phenoxy) is 3. The average molecular weight is 292 g/mol. The van der Waals surface area contributed by atoms with Gasteiger partial charge >= 0.3 is 6.03 Å². The smallest absolute Gasteiger partial charge is 0.314 e. The first-order chi connectivity index (χ1) is 9.00. The van der Waals surface area contributed by atoms with Gasteiger partial charge in [-0.3, -0.25) is 0 Å². The predicted octanol–water partition coefficient (Wildman–Crippen LogP) is -0.0678. The number of carbonyl (C=O) groups excluding carboxylic acids is 1. The highest BCUT2D eigenvalue weighted by molar-refractivity contribution is 6.16. The number of amides is 2. The fourth-order valence-corrected chi connectivity index (χ4v) is 2.40. The normalized spacial score (nSPS) is 15.9. The summed E-state index contributed by atoms with van der Waals surface area (Å²) in [5.41, 5.74) is 5.24. The molecule has 19 heavy (non-hydrogen) atoms. The zero-order valence-corrected chi connectivity index (χ0v) is 14.5. The van der Waals surface area contributed by atoms with Gasteiger partial charge in [0.15, 0.2) is 0 Å². The van der Waals surface area contributed by atoms with E-state index >= 15 is 0 Å². The van der Waals surface area contributed by atoms with E-state index in [1.165, 1.54) is 0 Å². The SMILES string of the molecule is CCCOC(COCC)C([SiH3])(NC(N)=O)OCCC. The topological polar surface area (TPSA) is 82.8 Å². The Bertz CT molecular complexity index is 248. The number of rotatable bonds is 11. The van der Waals surface area contributed by atoms with Crippen LogP contribution in [-0.4, -0.2) is 54.2 Å². The Morgan fingerprint density at radius 2 is 1.95 bits per heavy atom. The van der Waals surface area contributed by atoms with Gasteiger partial charge in [0, 0.05) is 19.8 Å². The van der Waals surface area contributed by atoms with Crippen molar-refractivity contribution in [2.45, 2.75) is 45.1 Å². The van der Waals surface area contributed by atoms with E-state index in [9.17, 15) is 4.79 Å². The van der Waals surface area contributed by atoms with Crippen molar-refractivity contribution in [2.24, 2.45) is 5.73 Å². The Hall–Kier alpha value is -0.633. The maximum atomic E-state index is 11.2. The van der Waals surface area contributed by atoms with E-state index in [2.05, 4.69) is 5.32 Å². The van der Waals surface area contributed by atoms with Gasteiger partial charge in [-0.2, -0.15) is 0 Å². The van der Waals surface area contributed by atoms with Crippen molar-refractivity contribution in [3.05, 3.63) is 0 Å². The quantitative estimate of drug-likeness (QED) is 0.412. The fraction of sp³-hybridized carbons (Fsp3) is 0.917. The first kappa shape index (κ1) is 18.4. The summed E-state index contributed by atoms with van der Waals surface area (Å²) in [4.78, 5) is 11.2. The highest BCUT2D eigenvalue weighted by Gasteiger charge is 2.37. The molecule has 2 unspecified atom stereocenters. The molecule has 0 aliphatic heterocycles. The molecule has 0 aromatic heterocycles. The molecule has 0 aliphatic rings. The Kier molecular flexibility index (Phi) is 9.85. The summed E-state index contributed by atoms with van der Waals surface area (Å²) >= 11 is 0. The molecule has 0 radical (unpaired) electrons. The lowest BCUT2D eigenvalue weighted by molar-refractivity contribution is -0.133. The predicted molar refractivity (Wildman–Crippen MR) is 78.2 cm³/mol. The lowest BCUT2D eigenvalue weighted by Gasteiger charge is -2.37. The van der Waals surface area contributed by atoms with Gasteiger partial charge in [-0.05, 0) is 19.8 Å². The van der Waals surface area contributed by atoms with Crippen molar-refractivity contribution in [3.63, 3.8) is 0 Å². The van der Waals surface area contributed by atoms with Gasteiger partial charge in [-0.25, -0.2) is 4.79 Å². The first-order valence-electron chi connectivity index (χ1n) is 6.91. The minimum atomic E-state index is -0.841. The van der Waals surface area contributed by atoms with Gasteiger partial charge in [0.2, 0.25) is 0 Å². The van der Waals surface area contributed by atoms with Crippen LogP contribution >= 0.6 is 0 Å². The van der Waals surface area contributed by atoms with Crippen molar-refractivity contribution in [1.82, 2.24) is 5.32 Å². The Balaban J connectivity index is 4.79. The van der Waals surface area contributed by atoms with Crippen LogP contribution in [0.5, 0.6) is 0 Å². The van der Waals surface area contributed by atoms with Crippen LogP contribution in [0.25, 0.3) is 0 Å². The molecule has 0 saturated carbocycles. The minimum Gasteiger partial charge on any atom is -0.379 e. The highest BCUT2D eigenvalue weighted by Crippen LogP contribution is 2.14. The third-order valence-electron chi connectivity index (χ3n) is 2.59. The monoisotopic (exact) mass is 292 g/mol. The molecule has 2 amide bonds. The van der Waals surface area contributed by atoms with Crippen LogP contribution in [0.15, 0.2) is 0 Å². The summed E-state index contributed by atoms with van der Waals surface area (Å²) < 4.78 is 17.0. The third-order valence-corrected chi connectivity index (χ3v) is 3.77. The minimum absolute atomic E-state index is 0.335. The molecule has 0 heterocycles. The van der Waals surface area contributed by atoms with Gasteiger partial charge in [-0.15, -0.1) is 0 Å². The van der Waals surface area contributed by atoms with Crippen molar-refractivity contribution in [2.75, 3.05) is 26.4 Å². The highest BCUT2D eigenvalue weighted by atomic mass is 28.1. The van der Waals surface area contributed by atoms with E-state index in [1.54, 1.807) is 0 Å². The molecular formula is C12H28N2O4Si. The van der Waals surface area contributed by atoms with Crippen LogP contribution in [0.3, 0.4) is 0 Å². The molecule has 0 aliphatic carbocycles. The fourth-order valence-electron chi connectivity index (χ4n) is 1.62. The van der Waals surface area contributed by atoms with Gasteiger partial charge < -0.3 is 25.3 Å². The second kappa shape index (κ2) is 10.2. The van der Waals surface area contributed by atoms with E-state index in [0.29, 0.717) is 36.7 Å². The number of primary amides is 1. The van der Waals surface area contributed by atoms with Crippen molar-refractivity contribution >= 4 is 16.3 Å². The molecular weight excluding hydrogens is 264 g/mol. The third kappa shape index (κ3) is 7.51. The number of carbonyl (C=O) groups is 1. The van der Waals surface area contributed by atoms with E-state index < -0.39 is 11.4 Å². The Morgan fingerprint density at radius 3 is 2.42 bits per heavy atom. The maximum Gasteiger partial charge on any atom is 0.314 e. The second-order valence-electron chi connectivity index (χ2n) is 4.46. The van der Waals surface area contributed by atoms with E-state index in [-0.39, 0.29) is 6.10 Å². The molecule has 0 spiro atoms. The molecule has 2 atom stereocenters. The lowest BCUT2D eigenvalue weighted by atomic mass is 10.3. The van der Waals surface area contributed by atoms with Crippen LogP contribution in [0, 0.1) is 0 Å². The van der Waals surface area contributed by atoms with Gasteiger partial charge in [0.25, 0.3) is 0 Å². The van der Waals surface area contributed by atoms with Crippen molar-refractivity contribution in [3.8, 4) is 0 Å². The van der Waals surface area contributed by atoms with Crippen molar-refractivity contribution < 1.29 is 19.0 Å². The van der Waals surface area contributed by atoms with E-state index in [1.807, 2.05) is 20.8 Å². The van der Waals surface area contributed by atoms with Crippen molar-refractivity contribution in [1.29, 1.82) is 0 Å². The first-order valence-corrected chi connectivity index (χ1v) is 7.91. The summed E-state index contributed by atoms with van der Waals surface area (Å²) in [6.07, 6.45) is 1.42. The van der Waals surface area contributed by atoms with Crippen LogP contribution in [0.2, 0.25) is 0 Å². The molecule has 0 aromatic rings. The van der Waals surface area contributed by atoms with Crippen LogP contribution in [0.4, 0.5) is 4.79 Å². The van der Waals surface area contributed by atoms with Gasteiger partial charge in [-0.1, -0.05) is 13.8 Å². The Labute approximate surface area is 118 Å². The van der Waals surface area contributed by atoms with Gasteiger partial charge in [0.1, 0.15) is 11.5 Å². The number of urea groups is 1. The Morgan fingerprint density at radius 1 is 1.32 bits per heavy atom. The summed E-state index contributed by atoms with van der Waals surface area (Å²) in [7, 11) is 0.558. The standard InChI is InChI=1S/C12H28N2O4Si/c1-4-7-17-10(9-16-6-3)12(19,14-11(13)15)18-8-5-2/h10H,4-9H2,1-3,19H3,(H3,13,14,15). The molecule has 0 aromatic carbocycles. The molecule has 114 valence electrons. The molecule has 6 nitrogen and oxygen atoms in total. The zero-order valence-electron chi connectivity index (χ0n) is 12.5. The van der Waals surface area contributed by atoms with Crippen LogP contribution in [0.1, 0.15) is 33.6 Å². The summed E-state index contributed by atoms with van der Waals surface area (Å²) in [5, 5.41) is 1.84. The number of nitrogens with two attached hydrogens (primary N) is 1. The molecule has 0 rings (SSSR count). The molecule has 0 bridgehead atoms. The average Bonchev–Trinajstić information content (AvgIpc) is 2.35.